The molecule has 6 nitrogen and oxygen atoms in total. The molecule has 212 valence electrons. The van der Waals surface area contributed by atoms with Crippen LogP contribution in [-0.2, 0) is 43.5 Å². The Bertz CT molecular complexity index is 1160. The number of methoxy groups -OCH3 is 1. The highest BCUT2D eigenvalue weighted by Gasteiger charge is 2.51. The second-order valence-corrected chi connectivity index (χ2v) is 11.4. The normalized spacial score (nSPS) is 23.4. The first kappa shape index (κ1) is 30.5. The van der Waals surface area contributed by atoms with Crippen molar-refractivity contribution in [1.29, 1.82) is 0 Å². The average molecular weight is 581 g/mol. The van der Waals surface area contributed by atoms with Crippen molar-refractivity contribution < 1.29 is 28.5 Å². The van der Waals surface area contributed by atoms with Gasteiger partial charge in [-0.05, 0) is 22.9 Å². The van der Waals surface area contributed by atoms with Crippen LogP contribution >= 0.6 is 23.5 Å². The van der Waals surface area contributed by atoms with Crippen molar-refractivity contribution in [3.05, 3.63) is 120 Å². The third kappa shape index (κ3) is 8.54. The van der Waals surface area contributed by atoms with Gasteiger partial charge < -0.3 is 23.7 Å². The van der Waals surface area contributed by atoms with Gasteiger partial charge in [-0.2, -0.15) is 0 Å². The van der Waals surface area contributed by atoms with Crippen LogP contribution in [0.4, 0.5) is 4.79 Å². The molecule has 1 heterocycles. The van der Waals surface area contributed by atoms with Crippen LogP contribution in [0.3, 0.4) is 0 Å². The van der Waals surface area contributed by atoms with Crippen LogP contribution in [0, 0.1) is 0 Å². The fourth-order valence-corrected chi connectivity index (χ4v) is 5.94. The van der Waals surface area contributed by atoms with Gasteiger partial charge >= 0.3 is 0 Å². The minimum atomic E-state index is -0.751. The summed E-state index contributed by atoms with van der Waals surface area (Å²) in [5, 5.41) is -0.392. The van der Waals surface area contributed by atoms with Crippen LogP contribution in [0.5, 0.6) is 0 Å². The first-order chi connectivity index (χ1) is 19.6. The van der Waals surface area contributed by atoms with E-state index in [1.54, 1.807) is 19.4 Å². The molecule has 0 N–H and O–H groups in total. The van der Waals surface area contributed by atoms with Gasteiger partial charge in [-0.15, -0.1) is 6.58 Å². The molecule has 0 saturated carbocycles. The summed E-state index contributed by atoms with van der Waals surface area (Å²) in [4.78, 5) is 12.5. The molecule has 0 aliphatic carbocycles. The standard InChI is InChI=1S/C32H36O6S2/c1-4-26(40-32(33)39-3)27-28(35-20-23-14-8-5-9-15-23)29(36-21-24-16-10-6-11-17-24)30(31(34-2)38-27)37-22-25-18-12-7-13-19-25/h4-19,26-31H,1,20-22H2,2-3H3/t26?,27-,28-,29+,30-,31+/m1/s1. The largest absolute Gasteiger partial charge is 0.368 e. The number of ether oxygens (including phenoxy) is 5. The van der Waals surface area contributed by atoms with Gasteiger partial charge in [-0.25, -0.2) is 0 Å². The van der Waals surface area contributed by atoms with E-state index < -0.39 is 36.0 Å². The van der Waals surface area contributed by atoms with E-state index in [4.69, 9.17) is 23.7 Å². The molecule has 0 radical (unpaired) electrons. The molecule has 1 saturated heterocycles. The number of hydrogen-bond acceptors (Lipinski definition) is 8. The predicted octanol–water partition coefficient (Wildman–Crippen LogP) is 6.88. The Morgan fingerprint density at radius 2 is 1.25 bits per heavy atom. The molecule has 0 amide bonds. The quantitative estimate of drug-likeness (QED) is 0.203. The SMILES string of the molecule is C=CC(SC(=O)SC)[C@H]1O[C@H](OC)[C@H](OCc2ccccc2)[C@@H](OCc2ccccc2)[C@@H]1OCc1ccccc1. The van der Waals surface area contributed by atoms with Gasteiger partial charge in [0.1, 0.15) is 24.4 Å². The lowest BCUT2D eigenvalue weighted by Crippen LogP contribution is -2.62. The molecule has 6 atom stereocenters. The molecule has 3 aromatic rings. The van der Waals surface area contributed by atoms with Gasteiger partial charge in [0.25, 0.3) is 0 Å². The molecule has 3 aromatic carbocycles. The first-order valence-corrected chi connectivity index (χ1v) is 15.3. The zero-order valence-electron chi connectivity index (χ0n) is 22.8. The number of carbonyl (C=O) groups is 1. The van der Waals surface area contributed by atoms with Gasteiger partial charge in [0.15, 0.2) is 6.29 Å². The average Bonchev–Trinajstić information content (AvgIpc) is 3.01. The molecular formula is C32H36O6S2. The lowest BCUT2D eigenvalue weighted by Gasteiger charge is -2.47. The molecule has 0 aromatic heterocycles. The Morgan fingerprint density at radius 1 is 0.800 bits per heavy atom. The molecule has 1 aliphatic heterocycles. The zero-order chi connectivity index (χ0) is 28.2. The fraction of sp³-hybridized carbons (Fsp3) is 0.344. The van der Waals surface area contributed by atoms with Gasteiger partial charge in [0.05, 0.1) is 25.1 Å². The molecule has 0 spiro atoms. The molecular weight excluding hydrogens is 544 g/mol. The Balaban J connectivity index is 1.67. The van der Waals surface area contributed by atoms with Crippen molar-refractivity contribution in [2.45, 2.75) is 55.8 Å². The number of thioether (sulfide) groups is 2. The summed E-state index contributed by atoms with van der Waals surface area (Å²) in [6.07, 6.45) is 0.414. The van der Waals surface area contributed by atoms with Gasteiger partial charge in [-0.1, -0.05) is 121 Å². The van der Waals surface area contributed by atoms with E-state index in [0.717, 1.165) is 28.5 Å². The van der Waals surface area contributed by atoms with Crippen LogP contribution in [0.25, 0.3) is 0 Å². The van der Waals surface area contributed by atoms with E-state index in [0.29, 0.717) is 19.8 Å². The zero-order valence-corrected chi connectivity index (χ0v) is 24.4. The fourth-order valence-electron chi connectivity index (χ4n) is 4.55. The van der Waals surface area contributed by atoms with E-state index in [1.165, 1.54) is 11.8 Å². The number of rotatable bonds is 13. The van der Waals surface area contributed by atoms with E-state index in [1.807, 2.05) is 91.0 Å². The second-order valence-electron chi connectivity index (χ2n) is 9.26. The Morgan fingerprint density at radius 3 is 1.68 bits per heavy atom. The maximum atomic E-state index is 12.5. The third-order valence-corrected chi connectivity index (χ3v) is 8.62. The summed E-state index contributed by atoms with van der Waals surface area (Å²) in [5.41, 5.74) is 3.06. The Labute approximate surface area is 245 Å². The van der Waals surface area contributed by atoms with Gasteiger partial charge in [0, 0.05) is 7.11 Å². The minimum absolute atomic E-state index is 0.0338. The highest BCUT2D eigenvalue weighted by atomic mass is 32.2. The summed E-state index contributed by atoms with van der Waals surface area (Å²) in [7, 11) is 1.59. The number of carbonyl (C=O) groups excluding carboxylic acids is 1. The smallest absolute Gasteiger partial charge is 0.246 e. The third-order valence-electron chi connectivity index (χ3n) is 6.57. The summed E-state index contributed by atoms with van der Waals surface area (Å²) in [5.74, 6) is 0. The van der Waals surface area contributed by atoms with Crippen molar-refractivity contribution in [2.75, 3.05) is 13.4 Å². The van der Waals surface area contributed by atoms with E-state index in [9.17, 15) is 4.79 Å². The molecule has 1 unspecified atom stereocenters. The molecule has 1 fully saturated rings. The summed E-state index contributed by atoms with van der Waals surface area (Å²) >= 11 is 2.32. The van der Waals surface area contributed by atoms with Crippen LogP contribution in [-0.4, -0.2) is 53.8 Å². The van der Waals surface area contributed by atoms with Crippen molar-refractivity contribution in [3.63, 3.8) is 0 Å². The van der Waals surface area contributed by atoms with Gasteiger partial charge in [0.2, 0.25) is 4.45 Å². The highest BCUT2D eigenvalue weighted by molar-refractivity contribution is 8.38. The minimum Gasteiger partial charge on any atom is -0.368 e. The van der Waals surface area contributed by atoms with Crippen molar-refractivity contribution in [3.8, 4) is 0 Å². The van der Waals surface area contributed by atoms with Crippen molar-refractivity contribution in [2.24, 2.45) is 0 Å². The monoisotopic (exact) mass is 580 g/mol. The lowest BCUT2D eigenvalue weighted by atomic mass is 9.95. The van der Waals surface area contributed by atoms with Crippen molar-refractivity contribution >= 4 is 28.0 Å². The molecule has 4 rings (SSSR count). The predicted molar refractivity (Wildman–Crippen MR) is 161 cm³/mol. The highest BCUT2D eigenvalue weighted by Crippen LogP contribution is 2.36. The molecule has 0 bridgehead atoms. The maximum Gasteiger partial charge on any atom is 0.246 e. The molecule has 1 aliphatic rings. The maximum absolute atomic E-state index is 12.5. The number of hydrogen-bond donors (Lipinski definition) is 0. The topological polar surface area (TPSA) is 63.2 Å². The van der Waals surface area contributed by atoms with Crippen molar-refractivity contribution in [1.82, 2.24) is 0 Å². The molecule has 8 heteroatoms. The molecule has 40 heavy (non-hydrogen) atoms. The van der Waals surface area contributed by atoms with Crippen LogP contribution < -0.4 is 0 Å². The number of benzene rings is 3. The second kappa shape index (κ2) is 16.1. The van der Waals surface area contributed by atoms with Crippen LogP contribution in [0.15, 0.2) is 104 Å². The van der Waals surface area contributed by atoms with E-state index in [2.05, 4.69) is 6.58 Å². The Hall–Kier alpha value is -2.43. The van der Waals surface area contributed by atoms with Crippen LogP contribution in [0.1, 0.15) is 16.7 Å². The summed E-state index contributed by atoms with van der Waals surface area (Å²) in [6, 6.07) is 29.9. The Kier molecular flexibility index (Phi) is 12.3. The van der Waals surface area contributed by atoms with Gasteiger partial charge in [-0.3, -0.25) is 4.79 Å². The summed E-state index contributed by atoms with van der Waals surface area (Å²) in [6.45, 7) is 5.04. The first-order valence-electron chi connectivity index (χ1n) is 13.1. The lowest BCUT2D eigenvalue weighted by molar-refractivity contribution is -0.316. The van der Waals surface area contributed by atoms with Crippen LogP contribution in [0.2, 0.25) is 0 Å². The van der Waals surface area contributed by atoms with E-state index >= 15 is 0 Å². The van der Waals surface area contributed by atoms with E-state index in [-0.39, 0.29) is 4.45 Å². The summed E-state index contributed by atoms with van der Waals surface area (Å²) < 4.78 is 32.0.